The van der Waals surface area contributed by atoms with E-state index in [-0.39, 0.29) is 0 Å². The van der Waals surface area contributed by atoms with Gasteiger partial charge in [0.15, 0.2) is 0 Å². The number of hydrogen-bond acceptors (Lipinski definition) is 5. The normalized spacial score (nSPS) is 18.9. The highest BCUT2D eigenvalue weighted by atomic mass is 32.2. The lowest BCUT2D eigenvalue weighted by atomic mass is 9.81. The molecule has 0 bridgehead atoms. The fourth-order valence-corrected chi connectivity index (χ4v) is 7.58. The molecule has 3 aromatic rings. The van der Waals surface area contributed by atoms with E-state index >= 15 is 0 Å². The molecule has 7 heteroatoms. The summed E-state index contributed by atoms with van der Waals surface area (Å²) in [6.45, 7) is 6.10. The van der Waals surface area contributed by atoms with E-state index in [1.165, 1.54) is 71.5 Å². The van der Waals surface area contributed by atoms with Gasteiger partial charge in [0, 0.05) is 79.0 Å². The van der Waals surface area contributed by atoms with E-state index in [1.807, 2.05) is 6.07 Å². The number of carbonyl (C=O) groups is 1. The first-order valence-corrected chi connectivity index (χ1v) is 14.9. The van der Waals surface area contributed by atoms with Crippen molar-refractivity contribution in [2.45, 2.75) is 44.6 Å². The fourth-order valence-electron chi connectivity index (χ4n) is 6.60. The van der Waals surface area contributed by atoms with E-state index in [1.54, 1.807) is 13.2 Å². The Labute approximate surface area is 223 Å². The van der Waals surface area contributed by atoms with Gasteiger partial charge in [-0.05, 0) is 48.6 Å². The van der Waals surface area contributed by atoms with E-state index < -0.39 is 5.97 Å². The second-order valence-electron chi connectivity index (χ2n) is 10.6. The Balaban J connectivity index is 1.49. The van der Waals surface area contributed by atoms with E-state index in [0.29, 0.717) is 11.5 Å². The Morgan fingerprint density at radius 2 is 1.81 bits per heavy atom. The van der Waals surface area contributed by atoms with Crippen molar-refractivity contribution >= 4 is 34.3 Å². The lowest BCUT2D eigenvalue weighted by molar-refractivity contribution is 0.0697. The molecule has 6 rings (SSSR count). The quantitative estimate of drug-likeness (QED) is 0.436. The van der Waals surface area contributed by atoms with Crippen molar-refractivity contribution in [1.29, 1.82) is 0 Å². The molecule has 0 radical (unpaired) electrons. The smallest absolute Gasteiger partial charge is 0.335 e. The van der Waals surface area contributed by atoms with Gasteiger partial charge in [-0.25, -0.2) is 4.79 Å². The first-order chi connectivity index (χ1) is 18.1. The number of anilines is 1. The van der Waals surface area contributed by atoms with Crippen LogP contribution in [0, 0.1) is 0 Å². The summed E-state index contributed by atoms with van der Waals surface area (Å²) in [5, 5.41) is 11.0. The minimum Gasteiger partial charge on any atom is -0.497 e. The van der Waals surface area contributed by atoms with Gasteiger partial charge in [-0.1, -0.05) is 25.3 Å². The summed E-state index contributed by atoms with van der Waals surface area (Å²) in [7, 11) is 1.74. The van der Waals surface area contributed by atoms with Gasteiger partial charge in [-0.15, -0.1) is 0 Å². The maximum Gasteiger partial charge on any atom is 0.335 e. The van der Waals surface area contributed by atoms with Crippen molar-refractivity contribution in [1.82, 2.24) is 9.47 Å². The average molecular weight is 520 g/mol. The summed E-state index contributed by atoms with van der Waals surface area (Å²) < 4.78 is 8.11. The van der Waals surface area contributed by atoms with Crippen LogP contribution in [0.15, 0.2) is 36.4 Å². The molecule has 6 nitrogen and oxygen atoms in total. The highest BCUT2D eigenvalue weighted by Crippen LogP contribution is 2.48. The van der Waals surface area contributed by atoms with Crippen molar-refractivity contribution in [3.05, 3.63) is 47.5 Å². The lowest BCUT2D eigenvalue weighted by Crippen LogP contribution is -2.40. The van der Waals surface area contributed by atoms with Crippen molar-refractivity contribution in [2.24, 2.45) is 0 Å². The minimum absolute atomic E-state index is 0.363. The second-order valence-corrected chi connectivity index (χ2v) is 11.8. The van der Waals surface area contributed by atoms with Crippen LogP contribution < -0.4 is 9.64 Å². The third kappa shape index (κ3) is 4.72. The monoisotopic (exact) mass is 519 g/mol. The molecule has 2 aromatic carbocycles. The molecule has 0 unspecified atom stereocenters. The van der Waals surface area contributed by atoms with E-state index in [2.05, 4.69) is 50.4 Å². The predicted octanol–water partition coefficient (Wildman–Crippen LogP) is 5.93. The summed E-state index contributed by atoms with van der Waals surface area (Å²) in [6.07, 6.45) is 6.24. The average Bonchev–Trinajstić information content (AvgIpc) is 3.18. The summed E-state index contributed by atoms with van der Waals surface area (Å²) in [5.74, 6) is 2.97. The lowest BCUT2D eigenvalue weighted by Gasteiger charge is -2.31. The van der Waals surface area contributed by atoms with Gasteiger partial charge in [0.2, 0.25) is 0 Å². The van der Waals surface area contributed by atoms with Gasteiger partial charge >= 0.3 is 5.97 Å². The molecular formula is C30H37N3O3S. The highest BCUT2D eigenvalue weighted by molar-refractivity contribution is 7.99. The molecular weight excluding hydrogens is 482 g/mol. The van der Waals surface area contributed by atoms with Crippen LogP contribution in [0.1, 0.15) is 53.9 Å². The number of carboxylic acids is 1. The van der Waals surface area contributed by atoms with Crippen LogP contribution in [-0.2, 0) is 6.54 Å². The molecule has 0 atom stereocenters. The maximum absolute atomic E-state index is 11.9. The summed E-state index contributed by atoms with van der Waals surface area (Å²) >= 11 is 2.05. The Morgan fingerprint density at radius 1 is 1.00 bits per heavy atom. The van der Waals surface area contributed by atoms with Crippen LogP contribution in [0.3, 0.4) is 0 Å². The number of rotatable bonds is 6. The number of nitrogens with zero attached hydrogens (tertiary/aromatic N) is 3. The van der Waals surface area contributed by atoms with E-state index in [9.17, 15) is 9.90 Å². The third-order valence-electron chi connectivity index (χ3n) is 8.55. The molecule has 1 aromatic heterocycles. The second kappa shape index (κ2) is 10.6. The van der Waals surface area contributed by atoms with Gasteiger partial charge in [-0.3, -0.25) is 4.90 Å². The highest BCUT2D eigenvalue weighted by Gasteiger charge is 2.31. The van der Waals surface area contributed by atoms with Gasteiger partial charge < -0.3 is 19.3 Å². The number of benzene rings is 2. The third-order valence-corrected chi connectivity index (χ3v) is 9.49. The Kier molecular flexibility index (Phi) is 7.08. The molecule has 3 aliphatic rings. The molecule has 196 valence electrons. The van der Waals surface area contributed by atoms with Crippen molar-refractivity contribution in [3.8, 4) is 17.0 Å². The van der Waals surface area contributed by atoms with Crippen LogP contribution in [0.2, 0.25) is 0 Å². The zero-order valence-electron chi connectivity index (χ0n) is 21.7. The number of fused-ring (bicyclic) bond motifs is 5. The first kappa shape index (κ1) is 24.7. The van der Waals surface area contributed by atoms with Crippen LogP contribution in [0.25, 0.3) is 22.2 Å². The molecule has 2 fully saturated rings. The molecule has 1 aliphatic carbocycles. The van der Waals surface area contributed by atoms with Gasteiger partial charge in [0.25, 0.3) is 0 Å². The van der Waals surface area contributed by atoms with E-state index in [0.717, 1.165) is 50.5 Å². The number of aromatic carboxylic acids is 1. The molecule has 3 heterocycles. The maximum atomic E-state index is 11.9. The van der Waals surface area contributed by atoms with Crippen LogP contribution in [0.4, 0.5) is 5.69 Å². The number of methoxy groups -OCH3 is 1. The van der Waals surface area contributed by atoms with E-state index in [4.69, 9.17) is 4.74 Å². The number of thioether (sulfide) groups is 1. The van der Waals surface area contributed by atoms with Crippen molar-refractivity contribution < 1.29 is 14.6 Å². The van der Waals surface area contributed by atoms with Gasteiger partial charge in [0.05, 0.1) is 18.4 Å². The number of hydrogen-bond donors (Lipinski definition) is 1. The number of aromatic nitrogens is 1. The minimum atomic E-state index is -0.864. The van der Waals surface area contributed by atoms with Gasteiger partial charge in [0.1, 0.15) is 5.75 Å². The fraction of sp³-hybridized carbons (Fsp3) is 0.500. The Hall–Kier alpha value is -2.64. The predicted molar refractivity (Wildman–Crippen MR) is 153 cm³/mol. The summed E-state index contributed by atoms with van der Waals surface area (Å²) in [6, 6.07) is 12.3. The van der Waals surface area contributed by atoms with Crippen LogP contribution in [0.5, 0.6) is 5.75 Å². The Bertz CT molecular complexity index is 1290. The first-order valence-electron chi connectivity index (χ1n) is 13.8. The summed E-state index contributed by atoms with van der Waals surface area (Å²) in [5.41, 5.74) is 6.63. The zero-order chi connectivity index (χ0) is 25.4. The SMILES string of the molecule is COc1ccc2c(c1)N(CCN1CCSCC1)CCn1c-2c(C2CCCCC2)c2ccc(C(=O)O)cc21. The summed E-state index contributed by atoms with van der Waals surface area (Å²) in [4.78, 5) is 17.0. The Morgan fingerprint density at radius 3 is 2.57 bits per heavy atom. The van der Waals surface area contributed by atoms with Crippen molar-refractivity contribution in [2.75, 3.05) is 56.2 Å². The molecule has 2 aliphatic heterocycles. The molecule has 37 heavy (non-hydrogen) atoms. The topological polar surface area (TPSA) is 57.9 Å². The van der Waals surface area contributed by atoms with Crippen LogP contribution in [-0.4, -0.2) is 71.9 Å². The zero-order valence-corrected chi connectivity index (χ0v) is 22.6. The van der Waals surface area contributed by atoms with Crippen molar-refractivity contribution in [3.63, 3.8) is 0 Å². The number of ether oxygens (including phenoxy) is 1. The van der Waals surface area contributed by atoms with Crippen LogP contribution >= 0.6 is 11.8 Å². The molecule has 1 saturated carbocycles. The standard InChI is InChI=1S/C30H37N3O3S/c1-36-23-8-10-25-26(20-23)32(12-11-31-15-17-37-18-16-31)13-14-33-27-19-22(30(34)35)7-9-24(27)28(29(25)33)21-5-3-2-4-6-21/h7-10,19-21H,2-6,11-18H2,1H3,(H,34,35). The van der Waals surface area contributed by atoms with Gasteiger partial charge in [-0.2, -0.15) is 11.8 Å². The molecule has 1 N–H and O–H groups in total. The number of carboxylic acid groups (broad SMARTS) is 1. The largest absolute Gasteiger partial charge is 0.497 e. The molecule has 0 spiro atoms. The molecule has 0 amide bonds. The molecule has 1 saturated heterocycles.